The quantitative estimate of drug-likeness (QED) is 0.815. The summed E-state index contributed by atoms with van der Waals surface area (Å²) in [4.78, 5) is 9.43. The summed E-state index contributed by atoms with van der Waals surface area (Å²) in [6, 6.07) is 13.1. The summed E-state index contributed by atoms with van der Waals surface area (Å²) >= 11 is 0. The Balaban J connectivity index is 1.36. The normalized spacial score (nSPS) is 19.2. The van der Waals surface area contributed by atoms with Crippen LogP contribution in [0.15, 0.2) is 42.6 Å². The molecule has 1 aliphatic carbocycles. The molecule has 0 amide bonds. The van der Waals surface area contributed by atoms with Crippen LogP contribution in [0.4, 0.5) is 5.82 Å². The van der Waals surface area contributed by atoms with Gasteiger partial charge in [-0.05, 0) is 43.1 Å². The molecule has 1 aromatic carbocycles. The van der Waals surface area contributed by atoms with E-state index in [1.807, 2.05) is 6.20 Å². The standard InChI is InChI=1S/C22H29N3O/c1-24-12-14-25(15-13-24)22-11-10-20(16-23-22)19-8-6-18(7-9-19)17-26-21-4-2-3-5-21/h6-11,16,21H,2-5,12-15,17H2,1H3. The molecule has 0 unspecified atom stereocenters. The van der Waals surface area contributed by atoms with Gasteiger partial charge in [0, 0.05) is 37.9 Å². The monoisotopic (exact) mass is 351 g/mol. The van der Waals surface area contributed by atoms with E-state index >= 15 is 0 Å². The van der Waals surface area contributed by atoms with Crippen LogP contribution in [0, 0.1) is 0 Å². The lowest BCUT2D eigenvalue weighted by atomic mass is 10.1. The van der Waals surface area contributed by atoms with E-state index in [2.05, 4.69) is 53.2 Å². The highest BCUT2D eigenvalue weighted by molar-refractivity contribution is 5.64. The fraction of sp³-hybridized carbons (Fsp3) is 0.500. The van der Waals surface area contributed by atoms with E-state index < -0.39 is 0 Å². The van der Waals surface area contributed by atoms with E-state index in [0.29, 0.717) is 6.10 Å². The van der Waals surface area contributed by atoms with Crippen LogP contribution in [0.2, 0.25) is 0 Å². The van der Waals surface area contributed by atoms with Gasteiger partial charge in [-0.15, -0.1) is 0 Å². The molecule has 0 atom stereocenters. The Morgan fingerprint density at radius 2 is 1.62 bits per heavy atom. The van der Waals surface area contributed by atoms with E-state index in [0.717, 1.165) is 38.6 Å². The molecule has 1 saturated heterocycles. The summed E-state index contributed by atoms with van der Waals surface area (Å²) in [6.07, 6.45) is 7.56. The number of nitrogens with zero attached hydrogens (tertiary/aromatic N) is 3. The van der Waals surface area contributed by atoms with Crippen LogP contribution in [0.3, 0.4) is 0 Å². The molecule has 2 aromatic rings. The molecule has 1 aromatic heterocycles. The number of anilines is 1. The van der Waals surface area contributed by atoms with Gasteiger partial charge in [0.05, 0.1) is 12.7 Å². The maximum Gasteiger partial charge on any atom is 0.128 e. The number of ether oxygens (including phenoxy) is 1. The zero-order valence-electron chi connectivity index (χ0n) is 15.7. The topological polar surface area (TPSA) is 28.6 Å². The van der Waals surface area contributed by atoms with Crippen LogP contribution >= 0.6 is 0 Å². The first-order chi connectivity index (χ1) is 12.8. The largest absolute Gasteiger partial charge is 0.374 e. The smallest absolute Gasteiger partial charge is 0.128 e. The van der Waals surface area contributed by atoms with E-state index in [-0.39, 0.29) is 0 Å². The number of hydrogen-bond donors (Lipinski definition) is 0. The van der Waals surface area contributed by atoms with Gasteiger partial charge in [0.25, 0.3) is 0 Å². The Morgan fingerprint density at radius 1 is 0.923 bits per heavy atom. The third-order valence-electron chi connectivity index (χ3n) is 5.65. The molecule has 1 aliphatic heterocycles. The zero-order chi connectivity index (χ0) is 17.8. The molecular formula is C22H29N3O. The molecule has 0 radical (unpaired) electrons. The van der Waals surface area contributed by atoms with Crippen LogP contribution in [-0.2, 0) is 11.3 Å². The summed E-state index contributed by atoms with van der Waals surface area (Å²) in [5.74, 6) is 1.09. The molecule has 0 N–H and O–H groups in total. The molecule has 4 heteroatoms. The molecule has 0 spiro atoms. The van der Waals surface area contributed by atoms with Crippen LogP contribution in [0.5, 0.6) is 0 Å². The van der Waals surface area contributed by atoms with Crippen molar-refractivity contribution in [3.05, 3.63) is 48.2 Å². The highest BCUT2D eigenvalue weighted by Gasteiger charge is 2.16. The number of likely N-dealkylation sites (N-methyl/N-ethyl adjacent to an activating group) is 1. The van der Waals surface area contributed by atoms with Crippen molar-refractivity contribution < 1.29 is 4.74 Å². The minimum absolute atomic E-state index is 0.473. The van der Waals surface area contributed by atoms with Gasteiger partial charge in [-0.1, -0.05) is 37.1 Å². The number of benzene rings is 1. The second kappa shape index (κ2) is 8.19. The molecule has 0 bridgehead atoms. The summed E-state index contributed by atoms with van der Waals surface area (Å²) in [5.41, 5.74) is 3.64. The number of pyridine rings is 1. The third kappa shape index (κ3) is 4.25. The van der Waals surface area contributed by atoms with Gasteiger partial charge in [-0.2, -0.15) is 0 Å². The first kappa shape index (κ1) is 17.5. The van der Waals surface area contributed by atoms with Gasteiger partial charge in [0.15, 0.2) is 0 Å². The third-order valence-corrected chi connectivity index (χ3v) is 5.65. The molecule has 138 valence electrons. The van der Waals surface area contributed by atoms with Gasteiger partial charge in [-0.3, -0.25) is 0 Å². The average Bonchev–Trinajstić information content (AvgIpc) is 3.21. The molecule has 2 heterocycles. The second-order valence-electron chi connectivity index (χ2n) is 7.61. The van der Waals surface area contributed by atoms with Crippen LogP contribution in [-0.4, -0.2) is 49.2 Å². The van der Waals surface area contributed by atoms with Gasteiger partial charge < -0.3 is 14.5 Å². The predicted molar refractivity (Wildman–Crippen MR) is 106 cm³/mol. The lowest BCUT2D eigenvalue weighted by Crippen LogP contribution is -2.44. The van der Waals surface area contributed by atoms with Crippen molar-refractivity contribution in [3.63, 3.8) is 0 Å². The molecular weight excluding hydrogens is 322 g/mol. The number of aromatic nitrogens is 1. The van der Waals surface area contributed by atoms with E-state index in [1.54, 1.807) is 0 Å². The predicted octanol–water partition coefficient (Wildman–Crippen LogP) is 3.96. The fourth-order valence-corrected chi connectivity index (χ4v) is 3.84. The Hall–Kier alpha value is -1.91. The van der Waals surface area contributed by atoms with Crippen molar-refractivity contribution in [3.8, 4) is 11.1 Å². The van der Waals surface area contributed by atoms with E-state index in [1.165, 1.54) is 42.4 Å². The molecule has 4 rings (SSSR count). The van der Waals surface area contributed by atoms with Gasteiger partial charge in [0.2, 0.25) is 0 Å². The summed E-state index contributed by atoms with van der Waals surface area (Å²) < 4.78 is 6.00. The Labute approximate surface area is 156 Å². The van der Waals surface area contributed by atoms with Crippen molar-refractivity contribution in [2.45, 2.75) is 38.4 Å². The summed E-state index contributed by atoms with van der Waals surface area (Å²) in [5, 5.41) is 0. The highest BCUT2D eigenvalue weighted by atomic mass is 16.5. The van der Waals surface area contributed by atoms with E-state index in [4.69, 9.17) is 9.72 Å². The maximum absolute atomic E-state index is 6.00. The number of piperazine rings is 1. The fourth-order valence-electron chi connectivity index (χ4n) is 3.84. The van der Waals surface area contributed by atoms with Crippen LogP contribution in [0.25, 0.3) is 11.1 Å². The van der Waals surface area contributed by atoms with E-state index in [9.17, 15) is 0 Å². The Kier molecular flexibility index (Phi) is 5.51. The molecule has 26 heavy (non-hydrogen) atoms. The minimum Gasteiger partial charge on any atom is -0.374 e. The molecule has 1 saturated carbocycles. The van der Waals surface area contributed by atoms with Gasteiger partial charge in [-0.25, -0.2) is 4.98 Å². The lowest BCUT2D eigenvalue weighted by molar-refractivity contribution is 0.0457. The number of hydrogen-bond acceptors (Lipinski definition) is 4. The molecule has 2 aliphatic rings. The molecule has 4 nitrogen and oxygen atoms in total. The summed E-state index contributed by atoms with van der Waals surface area (Å²) in [6.45, 7) is 5.05. The average molecular weight is 351 g/mol. The van der Waals surface area contributed by atoms with Crippen LogP contribution in [0.1, 0.15) is 31.2 Å². The number of rotatable bonds is 5. The first-order valence-electron chi connectivity index (χ1n) is 9.88. The van der Waals surface area contributed by atoms with Crippen LogP contribution < -0.4 is 4.90 Å². The maximum atomic E-state index is 6.00. The van der Waals surface area contributed by atoms with Gasteiger partial charge >= 0.3 is 0 Å². The molecule has 2 fully saturated rings. The summed E-state index contributed by atoms with van der Waals surface area (Å²) in [7, 11) is 2.18. The minimum atomic E-state index is 0.473. The SMILES string of the molecule is CN1CCN(c2ccc(-c3ccc(COC4CCCC4)cc3)cn2)CC1. The van der Waals surface area contributed by atoms with Gasteiger partial charge in [0.1, 0.15) is 5.82 Å². The zero-order valence-corrected chi connectivity index (χ0v) is 15.7. The van der Waals surface area contributed by atoms with Crippen molar-refractivity contribution in [1.82, 2.24) is 9.88 Å². The van der Waals surface area contributed by atoms with Crippen molar-refractivity contribution >= 4 is 5.82 Å². The Morgan fingerprint density at radius 3 is 2.27 bits per heavy atom. The second-order valence-corrected chi connectivity index (χ2v) is 7.61. The Bertz CT molecular complexity index is 684. The van der Waals surface area contributed by atoms with Crippen molar-refractivity contribution in [2.24, 2.45) is 0 Å². The highest BCUT2D eigenvalue weighted by Crippen LogP contribution is 2.24. The van der Waals surface area contributed by atoms with Crippen molar-refractivity contribution in [1.29, 1.82) is 0 Å². The lowest BCUT2D eigenvalue weighted by Gasteiger charge is -2.33. The first-order valence-corrected chi connectivity index (χ1v) is 9.88. The van der Waals surface area contributed by atoms with Crippen molar-refractivity contribution in [2.75, 3.05) is 38.1 Å².